The first-order chi connectivity index (χ1) is 2.73. The summed E-state index contributed by atoms with van der Waals surface area (Å²) in [5.41, 5.74) is 0. The van der Waals surface area contributed by atoms with Gasteiger partial charge in [-0.05, 0) is 21.1 Å². The van der Waals surface area contributed by atoms with Crippen molar-refractivity contribution in [1.29, 1.82) is 0 Å². The molecule has 0 aromatic rings. The molecule has 0 rings (SSSR count). The summed E-state index contributed by atoms with van der Waals surface area (Å²) in [4.78, 5) is 2.00. The van der Waals surface area contributed by atoms with Crippen LogP contribution in [0.4, 0.5) is 0 Å². The molecule has 2 nitrogen and oxygen atoms in total. The molecular formula is C3H11BrN2. The van der Waals surface area contributed by atoms with E-state index in [1.54, 1.807) is 0 Å². The maximum atomic E-state index is 4.31. The molecule has 0 amide bonds. The van der Waals surface area contributed by atoms with Crippen LogP contribution in [-0.4, -0.2) is 26.0 Å². The van der Waals surface area contributed by atoms with Gasteiger partial charge in [0.2, 0.25) is 0 Å². The van der Waals surface area contributed by atoms with Crippen molar-refractivity contribution in [3.8, 4) is 0 Å². The van der Waals surface area contributed by atoms with Crippen molar-refractivity contribution in [2.24, 2.45) is 4.76 Å². The molecule has 0 unspecified atom stereocenters. The van der Waals surface area contributed by atoms with Crippen LogP contribution in [-0.2, 0) is 0 Å². The predicted molar refractivity (Wildman–Crippen MR) is 32.7 cm³/mol. The first-order valence-electron chi connectivity index (χ1n) is 1.56. The predicted octanol–water partition coefficient (Wildman–Crippen LogP) is 0.433. The minimum Gasteiger partial charge on any atom is -0.312 e. The van der Waals surface area contributed by atoms with Crippen LogP contribution in [0.5, 0.6) is 0 Å². The van der Waals surface area contributed by atoms with E-state index in [0.717, 1.165) is 0 Å². The fraction of sp³-hybridized carbons (Fsp3) is 1.00. The summed E-state index contributed by atoms with van der Waals surface area (Å²) in [5.74, 6) is 0. The Balaban J connectivity index is 0. The second-order valence-corrected chi connectivity index (χ2v) is 1.34. The Bertz CT molecular complexity index is 13.5. The van der Waals surface area contributed by atoms with Gasteiger partial charge in [-0.2, -0.15) is 0 Å². The van der Waals surface area contributed by atoms with Crippen molar-refractivity contribution in [2.45, 2.75) is 0 Å². The molecule has 0 spiro atoms. The first kappa shape index (κ1) is 9.64. The molecule has 0 radical (unpaired) electrons. The Morgan fingerprint density at radius 2 is 1.17 bits per heavy atom. The molecule has 0 aliphatic carbocycles. The van der Waals surface area contributed by atoms with Crippen LogP contribution >= 0.6 is 16.1 Å². The van der Waals surface area contributed by atoms with Crippen LogP contribution in [0.15, 0.2) is 0 Å². The molecule has 0 aromatic carbocycles. The fourth-order valence-electron chi connectivity index (χ4n) is 0. The van der Waals surface area contributed by atoms with Crippen molar-refractivity contribution in [3.05, 3.63) is 0 Å². The Kier molecular flexibility index (Phi) is 14.5. The maximum absolute atomic E-state index is 4.31. The molecule has 0 aliphatic heterocycles. The highest BCUT2D eigenvalue weighted by Gasteiger charge is 1.58. The van der Waals surface area contributed by atoms with E-state index in [0.29, 0.717) is 0 Å². The topological polar surface area (TPSA) is 29.3 Å². The monoisotopic (exact) mass is 154 g/mol. The normalized spacial score (nSPS) is 7.00. The van der Waals surface area contributed by atoms with Gasteiger partial charge in [-0.1, -0.05) is 0 Å². The highest BCUT2D eigenvalue weighted by molar-refractivity contribution is 9.07. The summed E-state index contributed by atoms with van der Waals surface area (Å²) in [7, 11) is 6.00. The summed E-state index contributed by atoms with van der Waals surface area (Å²) in [6.45, 7) is 0. The molecule has 3 heteroatoms. The zero-order valence-corrected chi connectivity index (χ0v) is 5.99. The lowest BCUT2D eigenvalue weighted by molar-refractivity contribution is 0.505. The average molecular weight is 155 g/mol. The number of rotatable bonds is 0. The van der Waals surface area contributed by atoms with Crippen molar-refractivity contribution >= 4 is 16.1 Å². The second kappa shape index (κ2) is 9.04. The Labute approximate surface area is 47.7 Å². The van der Waals surface area contributed by atoms with Gasteiger partial charge in [0, 0.05) is 16.1 Å². The van der Waals surface area contributed by atoms with Crippen molar-refractivity contribution in [2.75, 3.05) is 21.1 Å². The van der Waals surface area contributed by atoms with E-state index in [4.69, 9.17) is 0 Å². The molecule has 0 aliphatic rings. The van der Waals surface area contributed by atoms with Gasteiger partial charge < -0.3 is 4.90 Å². The number of halogens is 1. The smallest absolute Gasteiger partial charge is 0.00554 e. The summed E-state index contributed by atoms with van der Waals surface area (Å²) in [6.07, 6.45) is 0. The highest BCUT2D eigenvalue weighted by Crippen LogP contribution is 1.47. The van der Waals surface area contributed by atoms with Crippen LogP contribution in [0.3, 0.4) is 0 Å². The largest absolute Gasteiger partial charge is 0.312 e. The van der Waals surface area contributed by atoms with Crippen LogP contribution < -0.4 is 4.76 Å². The molecule has 0 heterocycles. The number of nitrogens with zero attached hydrogens (tertiary/aromatic N) is 1. The number of nitrogens with two attached hydrogens (primary N) is 1. The maximum Gasteiger partial charge on any atom is 0.00554 e. The van der Waals surface area contributed by atoms with E-state index in [2.05, 4.69) is 20.9 Å². The van der Waals surface area contributed by atoms with Crippen LogP contribution in [0, 0.1) is 0 Å². The standard InChI is InChI=1S/C3H9N.BrH2N/c1-4(2)3;1-2/h1-3H3;2H2. The molecule has 0 fully saturated rings. The van der Waals surface area contributed by atoms with Crippen LogP contribution in [0.2, 0.25) is 0 Å². The zero-order valence-electron chi connectivity index (χ0n) is 4.40. The van der Waals surface area contributed by atoms with E-state index in [1.807, 2.05) is 26.0 Å². The quantitative estimate of drug-likeness (QED) is 0.514. The van der Waals surface area contributed by atoms with Gasteiger partial charge in [-0.3, -0.25) is 4.76 Å². The van der Waals surface area contributed by atoms with Gasteiger partial charge in [0.05, 0.1) is 0 Å². The van der Waals surface area contributed by atoms with Gasteiger partial charge in [-0.25, -0.2) is 0 Å². The lowest BCUT2D eigenvalue weighted by Gasteiger charge is -1.90. The third-order valence-corrected chi connectivity index (χ3v) is 0. The molecule has 0 bridgehead atoms. The molecule has 0 saturated carbocycles. The summed E-state index contributed by atoms with van der Waals surface area (Å²) in [6, 6.07) is 0. The van der Waals surface area contributed by atoms with Gasteiger partial charge in [0.1, 0.15) is 0 Å². The highest BCUT2D eigenvalue weighted by atomic mass is 79.9. The summed E-state index contributed by atoms with van der Waals surface area (Å²) in [5, 5.41) is 0. The van der Waals surface area contributed by atoms with E-state index < -0.39 is 0 Å². The Hall–Kier alpha value is 0.400. The van der Waals surface area contributed by atoms with Crippen LogP contribution in [0.1, 0.15) is 0 Å². The summed E-state index contributed by atoms with van der Waals surface area (Å²) >= 11 is 2.44. The van der Waals surface area contributed by atoms with Crippen molar-refractivity contribution < 1.29 is 0 Å². The third kappa shape index (κ3) is 318. The second-order valence-electron chi connectivity index (χ2n) is 1.34. The molecule has 0 atom stereocenters. The van der Waals surface area contributed by atoms with Crippen LogP contribution in [0.25, 0.3) is 0 Å². The molecule has 6 heavy (non-hydrogen) atoms. The average Bonchev–Trinajstić information content (AvgIpc) is 1.41. The van der Waals surface area contributed by atoms with Crippen molar-refractivity contribution in [1.82, 2.24) is 4.90 Å². The van der Waals surface area contributed by atoms with E-state index in [9.17, 15) is 0 Å². The zero-order chi connectivity index (χ0) is 5.58. The number of hydrogen-bond donors (Lipinski definition) is 1. The Morgan fingerprint density at radius 3 is 1.17 bits per heavy atom. The molecular weight excluding hydrogens is 144 g/mol. The fourth-order valence-corrected chi connectivity index (χ4v) is 0. The lowest BCUT2D eigenvalue weighted by atomic mass is 11.0. The molecule has 40 valence electrons. The minimum atomic E-state index is 2.00. The van der Waals surface area contributed by atoms with E-state index in [1.165, 1.54) is 0 Å². The van der Waals surface area contributed by atoms with Gasteiger partial charge in [0.25, 0.3) is 0 Å². The molecule has 0 saturated heterocycles. The van der Waals surface area contributed by atoms with Gasteiger partial charge in [0.15, 0.2) is 0 Å². The molecule has 2 N–H and O–H groups in total. The first-order valence-corrected chi connectivity index (χ1v) is 2.48. The summed E-state index contributed by atoms with van der Waals surface area (Å²) < 4.78 is 4.31. The third-order valence-electron chi connectivity index (χ3n) is 0. The van der Waals surface area contributed by atoms with E-state index in [-0.39, 0.29) is 0 Å². The SMILES string of the molecule is CN(C)C.NBr. The van der Waals surface area contributed by atoms with E-state index >= 15 is 0 Å². The number of hydrogen-bond acceptors (Lipinski definition) is 2. The lowest BCUT2D eigenvalue weighted by Crippen LogP contribution is -1.99. The van der Waals surface area contributed by atoms with Crippen molar-refractivity contribution in [3.63, 3.8) is 0 Å². The van der Waals surface area contributed by atoms with Gasteiger partial charge in [-0.15, -0.1) is 0 Å². The Morgan fingerprint density at radius 1 is 1.17 bits per heavy atom. The minimum absolute atomic E-state index is 2.00. The molecule has 0 aromatic heterocycles. The van der Waals surface area contributed by atoms with Gasteiger partial charge >= 0.3 is 0 Å².